The summed E-state index contributed by atoms with van der Waals surface area (Å²) in [5.74, 6) is -1.77. The van der Waals surface area contributed by atoms with E-state index < -0.39 is 29.3 Å². The average molecular weight is 333 g/mol. The molecule has 1 atom stereocenters. The first-order chi connectivity index (χ1) is 11.2. The lowest BCUT2D eigenvalue weighted by molar-refractivity contribution is -0.122. The minimum absolute atomic E-state index is 0.0177. The molecule has 0 saturated heterocycles. The summed E-state index contributed by atoms with van der Waals surface area (Å²) in [6.07, 6.45) is -0.899. The lowest BCUT2D eigenvalue weighted by Crippen LogP contribution is -2.30. The standard InChI is InChI=1S/C19H21F2NO2/c1-12(18(23)22-17-15(20)6-5-7-16(17)21)24-14-10-8-13(9-11-14)19(2,3)4/h5-12H,1-4H3,(H,22,23)/t12-/m0/s1. The molecule has 1 N–H and O–H groups in total. The Morgan fingerprint density at radius 1 is 1.04 bits per heavy atom. The van der Waals surface area contributed by atoms with Crippen molar-refractivity contribution in [1.82, 2.24) is 0 Å². The molecule has 0 heterocycles. The van der Waals surface area contributed by atoms with Crippen LogP contribution in [0.5, 0.6) is 5.75 Å². The van der Waals surface area contributed by atoms with Crippen LogP contribution in [0.3, 0.4) is 0 Å². The van der Waals surface area contributed by atoms with Gasteiger partial charge in [0.1, 0.15) is 23.1 Å². The number of carbonyl (C=O) groups excluding carboxylic acids is 1. The van der Waals surface area contributed by atoms with Crippen LogP contribution >= 0.6 is 0 Å². The van der Waals surface area contributed by atoms with E-state index in [1.54, 1.807) is 12.1 Å². The Bertz CT molecular complexity index is 701. The molecule has 2 aromatic carbocycles. The van der Waals surface area contributed by atoms with Crippen molar-refractivity contribution in [2.24, 2.45) is 0 Å². The lowest BCUT2D eigenvalue weighted by Gasteiger charge is -2.20. The van der Waals surface area contributed by atoms with Crippen LogP contribution in [0.25, 0.3) is 0 Å². The molecule has 0 bridgehead atoms. The van der Waals surface area contributed by atoms with Crippen molar-refractivity contribution >= 4 is 11.6 Å². The highest BCUT2D eigenvalue weighted by atomic mass is 19.1. The van der Waals surface area contributed by atoms with Crippen molar-refractivity contribution < 1.29 is 18.3 Å². The van der Waals surface area contributed by atoms with E-state index in [0.29, 0.717) is 5.75 Å². The molecule has 2 rings (SSSR count). The van der Waals surface area contributed by atoms with Crippen LogP contribution in [0.2, 0.25) is 0 Å². The number of carbonyl (C=O) groups is 1. The van der Waals surface area contributed by atoms with Gasteiger partial charge in [0.15, 0.2) is 6.10 Å². The summed E-state index contributed by atoms with van der Waals surface area (Å²) >= 11 is 0. The Balaban J connectivity index is 2.04. The van der Waals surface area contributed by atoms with E-state index in [4.69, 9.17) is 4.74 Å². The van der Waals surface area contributed by atoms with E-state index in [-0.39, 0.29) is 5.41 Å². The van der Waals surface area contributed by atoms with Crippen molar-refractivity contribution in [3.8, 4) is 5.75 Å². The minimum Gasteiger partial charge on any atom is -0.481 e. The zero-order valence-corrected chi connectivity index (χ0v) is 14.2. The fourth-order valence-electron chi connectivity index (χ4n) is 2.13. The number of rotatable bonds is 4. The molecule has 128 valence electrons. The van der Waals surface area contributed by atoms with Crippen LogP contribution in [0.15, 0.2) is 42.5 Å². The third-order valence-electron chi connectivity index (χ3n) is 3.61. The van der Waals surface area contributed by atoms with Gasteiger partial charge in [-0.3, -0.25) is 4.79 Å². The van der Waals surface area contributed by atoms with E-state index >= 15 is 0 Å². The third kappa shape index (κ3) is 4.31. The predicted octanol–water partition coefficient (Wildman–Crippen LogP) is 4.67. The average Bonchev–Trinajstić information content (AvgIpc) is 2.50. The predicted molar refractivity (Wildman–Crippen MR) is 90.2 cm³/mol. The number of amides is 1. The zero-order chi connectivity index (χ0) is 17.9. The largest absolute Gasteiger partial charge is 0.481 e. The molecule has 0 aromatic heterocycles. The van der Waals surface area contributed by atoms with Crippen molar-refractivity contribution in [1.29, 1.82) is 0 Å². The number of hydrogen-bond donors (Lipinski definition) is 1. The van der Waals surface area contributed by atoms with Gasteiger partial charge >= 0.3 is 0 Å². The topological polar surface area (TPSA) is 38.3 Å². The zero-order valence-electron chi connectivity index (χ0n) is 14.2. The normalized spacial score (nSPS) is 12.6. The summed E-state index contributed by atoms with van der Waals surface area (Å²) in [4.78, 5) is 12.1. The van der Waals surface area contributed by atoms with E-state index in [9.17, 15) is 13.6 Å². The summed E-state index contributed by atoms with van der Waals surface area (Å²) < 4.78 is 32.7. The highest BCUT2D eigenvalue weighted by molar-refractivity contribution is 5.94. The Morgan fingerprint density at radius 3 is 2.08 bits per heavy atom. The third-order valence-corrected chi connectivity index (χ3v) is 3.61. The van der Waals surface area contributed by atoms with Gasteiger partial charge in [0, 0.05) is 0 Å². The van der Waals surface area contributed by atoms with Crippen molar-refractivity contribution in [3.63, 3.8) is 0 Å². The fourth-order valence-corrected chi connectivity index (χ4v) is 2.13. The molecule has 0 aliphatic heterocycles. The minimum atomic E-state index is -0.899. The number of halogens is 2. The molecule has 5 heteroatoms. The quantitative estimate of drug-likeness (QED) is 0.883. The second-order valence-corrected chi connectivity index (χ2v) is 6.62. The van der Waals surface area contributed by atoms with Crippen LogP contribution in [-0.2, 0) is 10.2 Å². The summed E-state index contributed by atoms with van der Waals surface area (Å²) in [5, 5.41) is 2.22. The molecule has 0 spiro atoms. The molecule has 24 heavy (non-hydrogen) atoms. The monoisotopic (exact) mass is 333 g/mol. The molecule has 3 nitrogen and oxygen atoms in total. The van der Waals surface area contributed by atoms with Gasteiger partial charge in [-0.2, -0.15) is 0 Å². The second kappa shape index (κ2) is 6.99. The van der Waals surface area contributed by atoms with Crippen molar-refractivity contribution in [3.05, 3.63) is 59.7 Å². The number of benzene rings is 2. The van der Waals surface area contributed by atoms with Crippen LogP contribution in [-0.4, -0.2) is 12.0 Å². The highest BCUT2D eigenvalue weighted by Gasteiger charge is 2.19. The van der Waals surface area contributed by atoms with E-state index in [2.05, 4.69) is 26.1 Å². The molecule has 2 aromatic rings. The Labute approximate surface area is 140 Å². The Hall–Kier alpha value is -2.43. The first-order valence-corrected chi connectivity index (χ1v) is 7.70. The number of ether oxygens (including phenoxy) is 1. The van der Waals surface area contributed by atoms with Gasteiger partial charge in [-0.25, -0.2) is 8.78 Å². The first-order valence-electron chi connectivity index (χ1n) is 7.70. The fraction of sp³-hybridized carbons (Fsp3) is 0.316. The molecule has 0 aliphatic rings. The van der Waals surface area contributed by atoms with Gasteiger partial charge in [-0.1, -0.05) is 39.0 Å². The van der Waals surface area contributed by atoms with Crippen LogP contribution < -0.4 is 10.1 Å². The summed E-state index contributed by atoms with van der Waals surface area (Å²) in [6.45, 7) is 7.82. The van der Waals surface area contributed by atoms with Gasteiger partial charge in [-0.15, -0.1) is 0 Å². The number of nitrogens with one attached hydrogen (secondary N) is 1. The van der Waals surface area contributed by atoms with Crippen LogP contribution in [0.1, 0.15) is 33.3 Å². The molecular weight excluding hydrogens is 312 g/mol. The number of anilines is 1. The van der Waals surface area contributed by atoms with E-state index in [1.807, 2.05) is 12.1 Å². The van der Waals surface area contributed by atoms with Gasteiger partial charge in [0.05, 0.1) is 0 Å². The SMILES string of the molecule is C[C@H](Oc1ccc(C(C)(C)C)cc1)C(=O)Nc1c(F)cccc1F. The van der Waals surface area contributed by atoms with Crippen LogP contribution in [0.4, 0.5) is 14.5 Å². The van der Waals surface area contributed by atoms with Gasteiger partial charge < -0.3 is 10.1 Å². The van der Waals surface area contributed by atoms with Gasteiger partial charge in [-0.05, 0) is 42.2 Å². The van der Waals surface area contributed by atoms with Crippen molar-refractivity contribution in [2.75, 3.05) is 5.32 Å². The summed E-state index contributed by atoms with van der Waals surface area (Å²) in [5.41, 5.74) is 0.686. The van der Waals surface area contributed by atoms with Crippen molar-refractivity contribution in [2.45, 2.75) is 39.2 Å². The second-order valence-electron chi connectivity index (χ2n) is 6.62. The molecule has 1 amide bonds. The number of para-hydroxylation sites is 1. The van der Waals surface area contributed by atoms with Crippen LogP contribution in [0, 0.1) is 11.6 Å². The number of hydrogen-bond acceptors (Lipinski definition) is 2. The maximum Gasteiger partial charge on any atom is 0.265 e. The van der Waals surface area contributed by atoms with E-state index in [1.165, 1.54) is 13.0 Å². The summed E-state index contributed by atoms with van der Waals surface area (Å²) in [7, 11) is 0. The van der Waals surface area contributed by atoms with Gasteiger partial charge in [0.2, 0.25) is 0 Å². The maximum absolute atomic E-state index is 13.6. The molecular formula is C19H21F2NO2. The van der Waals surface area contributed by atoms with E-state index in [0.717, 1.165) is 17.7 Å². The highest BCUT2D eigenvalue weighted by Crippen LogP contribution is 2.25. The Morgan fingerprint density at radius 2 is 1.58 bits per heavy atom. The summed E-state index contributed by atoms with van der Waals surface area (Å²) in [6, 6.07) is 10.8. The smallest absolute Gasteiger partial charge is 0.265 e. The lowest BCUT2D eigenvalue weighted by atomic mass is 9.87. The molecule has 0 radical (unpaired) electrons. The maximum atomic E-state index is 13.6. The van der Waals surface area contributed by atoms with Gasteiger partial charge in [0.25, 0.3) is 5.91 Å². The molecule has 0 unspecified atom stereocenters. The molecule has 0 aliphatic carbocycles. The first kappa shape index (κ1) is 17.9. The molecule has 0 fully saturated rings. The Kier molecular flexibility index (Phi) is 5.22. The molecule has 0 saturated carbocycles.